The van der Waals surface area contributed by atoms with Crippen LogP contribution in [-0.2, 0) is 13.1 Å². The van der Waals surface area contributed by atoms with E-state index < -0.39 is 0 Å². The molecule has 28 heavy (non-hydrogen) atoms. The van der Waals surface area contributed by atoms with Crippen molar-refractivity contribution in [3.05, 3.63) is 88.2 Å². The summed E-state index contributed by atoms with van der Waals surface area (Å²) in [5.74, 6) is 1.36. The highest BCUT2D eigenvalue weighted by Gasteiger charge is 2.10. The van der Waals surface area contributed by atoms with Gasteiger partial charge in [-0.2, -0.15) is 0 Å². The Morgan fingerprint density at radius 2 is 1.68 bits per heavy atom. The van der Waals surface area contributed by atoms with E-state index in [-0.39, 0.29) is 5.56 Å². The van der Waals surface area contributed by atoms with Gasteiger partial charge in [-0.25, -0.2) is 15.0 Å². The van der Waals surface area contributed by atoms with E-state index in [9.17, 15) is 4.79 Å². The Bertz CT molecular complexity index is 1170. The molecule has 2 aromatic carbocycles. The predicted octanol–water partition coefficient (Wildman–Crippen LogP) is 3.32. The zero-order chi connectivity index (χ0) is 19.5. The summed E-state index contributed by atoms with van der Waals surface area (Å²) < 4.78 is 0. The van der Waals surface area contributed by atoms with Gasteiger partial charge in [-0.3, -0.25) is 9.69 Å². The van der Waals surface area contributed by atoms with E-state index >= 15 is 0 Å². The summed E-state index contributed by atoms with van der Waals surface area (Å²) >= 11 is 0. The lowest BCUT2D eigenvalue weighted by molar-refractivity contribution is 0.307. The molecule has 6 heteroatoms. The standard InChI is InChI=1S/C22H21N5O/c1-15-12-17(24-21(23-15)16-8-4-3-5-9-16)13-27(2)14-20-25-19-11-7-6-10-18(19)22(28)26-20/h3-12H,13-14H2,1-2H3,(H,25,26,28). The number of fused-ring (bicyclic) bond motifs is 1. The number of aromatic nitrogens is 4. The van der Waals surface area contributed by atoms with Crippen molar-refractivity contribution in [3.8, 4) is 11.4 Å². The number of para-hydroxylation sites is 1. The van der Waals surface area contributed by atoms with Crippen LogP contribution >= 0.6 is 0 Å². The van der Waals surface area contributed by atoms with Crippen molar-refractivity contribution in [2.24, 2.45) is 0 Å². The molecule has 140 valence electrons. The molecule has 0 aliphatic rings. The van der Waals surface area contributed by atoms with Gasteiger partial charge in [0.05, 0.1) is 23.1 Å². The highest BCUT2D eigenvalue weighted by Crippen LogP contribution is 2.16. The summed E-state index contributed by atoms with van der Waals surface area (Å²) in [5, 5.41) is 0.604. The topological polar surface area (TPSA) is 74.8 Å². The molecule has 0 amide bonds. The molecule has 4 aromatic rings. The summed E-state index contributed by atoms with van der Waals surface area (Å²) in [6.45, 7) is 3.11. The number of aryl methyl sites for hydroxylation is 1. The van der Waals surface area contributed by atoms with Gasteiger partial charge in [-0.05, 0) is 32.2 Å². The molecule has 0 radical (unpaired) electrons. The minimum atomic E-state index is -0.113. The molecule has 4 rings (SSSR count). The van der Waals surface area contributed by atoms with E-state index in [0.717, 1.165) is 22.8 Å². The van der Waals surface area contributed by atoms with Crippen molar-refractivity contribution in [2.75, 3.05) is 7.05 Å². The second-order valence-electron chi connectivity index (χ2n) is 6.89. The van der Waals surface area contributed by atoms with Gasteiger partial charge >= 0.3 is 0 Å². The third-order valence-electron chi connectivity index (χ3n) is 4.45. The van der Waals surface area contributed by atoms with E-state index in [2.05, 4.69) is 19.9 Å². The zero-order valence-corrected chi connectivity index (χ0v) is 15.9. The number of H-pyrrole nitrogens is 1. The maximum absolute atomic E-state index is 12.3. The second-order valence-corrected chi connectivity index (χ2v) is 6.89. The summed E-state index contributed by atoms with van der Waals surface area (Å²) in [5.41, 5.74) is 3.44. The summed E-state index contributed by atoms with van der Waals surface area (Å²) in [4.78, 5) is 31.0. The molecule has 2 aromatic heterocycles. The number of benzene rings is 2. The fourth-order valence-corrected chi connectivity index (χ4v) is 3.23. The highest BCUT2D eigenvalue weighted by molar-refractivity contribution is 5.77. The third-order valence-corrected chi connectivity index (χ3v) is 4.45. The molecule has 0 spiro atoms. The number of rotatable bonds is 5. The number of hydrogen-bond donors (Lipinski definition) is 1. The third kappa shape index (κ3) is 3.97. The first kappa shape index (κ1) is 18.0. The van der Waals surface area contributed by atoms with Crippen molar-refractivity contribution >= 4 is 10.9 Å². The van der Waals surface area contributed by atoms with E-state index in [1.807, 2.05) is 68.6 Å². The molecule has 0 atom stereocenters. The minimum absolute atomic E-state index is 0.113. The lowest BCUT2D eigenvalue weighted by atomic mass is 10.2. The van der Waals surface area contributed by atoms with E-state index in [0.29, 0.717) is 29.8 Å². The SMILES string of the molecule is Cc1cc(CN(C)Cc2nc3ccccc3c(=O)[nH]2)nc(-c2ccccc2)n1. The van der Waals surface area contributed by atoms with Crippen LogP contribution < -0.4 is 5.56 Å². The van der Waals surface area contributed by atoms with Crippen LogP contribution in [0.4, 0.5) is 0 Å². The fourth-order valence-electron chi connectivity index (χ4n) is 3.23. The van der Waals surface area contributed by atoms with E-state index in [1.165, 1.54) is 0 Å². The van der Waals surface area contributed by atoms with Crippen molar-refractivity contribution in [3.63, 3.8) is 0 Å². The molecule has 0 aliphatic heterocycles. The van der Waals surface area contributed by atoms with Gasteiger partial charge in [-0.15, -0.1) is 0 Å². The van der Waals surface area contributed by atoms with Gasteiger partial charge in [0.15, 0.2) is 5.82 Å². The first-order valence-electron chi connectivity index (χ1n) is 9.15. The Balaban J connectivity index is 1.55. The van der Waals surface area contributed by atoms with Crippen LogP contribution in [0.3, 0.4) is 0 Å². The molecule has 0 bridgehead atoms. The first-order chi connectivity index (χ1) is 13.6. The zero-order valence-electron chi connectivity index (χ0n) is 15.9. The molecule has 0 unspecified atom stereocenters. The molecule has 2 heterocycles. The van der Waals surface area contributed by atoms with Crippen LogP contribution in [0.2, 0.25) is 0 Å². The van der Waals surface area contributed by atoms with Crippen LogP contribution in [0.5, 0.6) is 0 Å². The summed E-state index contributed by atoms with van der Waals surface area (Å²) in [7, 11) is 1.98. The van der Waals surface area contributed by atoms with Crippen LogP contribution in [0.15, 0.2) is 65.5 Å². The Kier molecular flexibility index (Phi) is 4.95. The van der Waals surface area contributed by atoms with Crippen LogP contribution in [0, 0.1) is 6.92 Å². The molecule has 0 fully saturated rings. The maximum Gasteiger partial charge on any atom is 0.258 e. The Morgan fingerprint density at radius 1 is 0.929 bits per heavy atom. The average molecular weight is 371 g/mol. The Labute approximate surface area is 162 Å². The van der Waals surface area contributed by atoms with Crippen LogP contribution in [-0.4, -0.2) is 31.9 Å². The maximum atomic E-state index is 12.3. The van der Waals surface area contributed by atoms with Crippen LogP contribution in [0.25, 0.3) is 22.3 Å². The quantitative estimate of drug-likeness (QED) is 0.582. The number of hydrogen-bond acceptors (Lipinski definition) is 5. The number of aromatic amines is 1. The van der Waals surface area contributed by atoms with Crippen molar-refractivity contribution in [1.29, 1.82) is 0 Å². The predicted molar refractivity (Wildman–Crippen MR) is 110 cm³/mol. The Hall–Kier alpha value is -3.38. The molecular formula is C22H21N5O. The molecule has 0 saturated carbocycles. The number of nitrogens with zero attached hydrogens (tertiary/aromatic N) is 4. The van der Waals surface area contributed by atoms with Gasteiger partial charge in [0.2, 0.25) is 0 Å². The lowest BCUT2D eigenvalue weighted by Crippen LogP contribution is -2.22. The minimum Gasteiger partial charge on any atom is -0.309 e. The van der Waals surface area contributed by atoms with Gasteiger partial charge in [-0.1, -0.05) is 42.5 Å². The smallest absolute Gasteiger partial charge is 0.258 e. The molecular weight excluding hydrogens is 350 g/mol. The summed E-state index contributed by atoms with van der Waals surface area (Å²) in [6.07, 6.45) is 0. The number of nitrogens with one attached hydrogen (secondary N) is 1. The van der Waals surface area contributed by atoms with E-state index in [1.54, 1.807) is 6.07 Å². The first-order valence-corrected chi connectivity index (χ1v) is 9.15. The van der Waals surface area contributed by atoms with Gasteiger partial charge in [0.1, 0.15) is 5.82 Å². The lowest BCUT2D eigenvalue weighted by Gasteiger charge is -2.16. The molecule has 0 saturated heterocycles. The average Bonchev–Trinajstić information content (AvgIpc) is 2.68. The van der Waals surface area contributed by atoms with Gasteiger partial charge in [0, 0.05) is 17.8 Å². The molecule has 1 N–H and O–H groups in total. The highest BCUT2D eigenvalue weighted by atomic mass is 16.1. The van der Waals surface area contributed by atoms with E-state index in [4.69, 9.17) is 4.98 Å². The largest absolute Gasteiger partial charge is 0.309 e. The normalized spacial score (nSPS) is 11.2. The van der Waals surface area contributed by atoms with Crippen molar-refractivity contribution in [2.45, 2.75) is 20.0 Å². The van der Waals surface area contributed by atoms with Crippen molar-refractivity contribution < 1.29 is 0 Å². The fraction of sp³-hybridized carbons (Fsp3) is 0.182. The van der Waals surface area contributed by atoms with Gasteiger partial charge < -0.3 is 4.98 Å². The molecule has 6 nitrogen and oxygen atoms in total. The monoisotopic (exact) mass is 371 g/mol. The summed E-state index contributed by atoms with van der Waals surface area (Å²) in [6, 6.07) is 19.3. The van der Waals surface area contributed by atoms with Crippen LogP contribution in [0.1, 0.15) is 17.2 Å². The Morgan fingerprint density at radius 3 is 2.50 bits per heavy atom. The van der Waals surface area contributed by atoms with Crippen molar-refractivity contribution in [1.82, 2.24) is 24.8 Å². The van der Waals surface area contributed by atoms with Gasteiger partial charge in [0.25, 0.3) is 5.56 Å². The molecule has 0 aliphatic carbocycles. The second kappa shape index (κ2) is 7.70.